The lowest BCUT2D eigenvalue weighted by Crippen LogP contribution is -2.30. The summed E-state index contributed by atoms with van der Waals surface area (Å²) in [6.45, 7) is 3.76. The van der Waals surface area contributed by atoms with Gasteiger partial charge >= 0.3 is 0 Å². The van der Waals surface area contributed by atoms with Gasteiger partial charge in [0.25, 0.3) is 0 Å². The summed E-state index contributed by atoms with van der Waals surface area (Å²) in [7, 11) is 1.66. The molecule has 1 aromatic rings. The highest BCUT2D eigenvalue weighted by Gasteiger charge is 2.26. The molecule has 1 amide bonds. The highest BCUT2D eigenvalue weighted by Crippen LogP contribution is 2.23. The second-order valence-corrected chi connectivity index (χ2v) is 5.77. The first-order chi connectivity index (χ1) is 11.3. The Balaban J connectivity index is 1.84. The van der Waals surface area contributed by atoms with Gasteiger partial charge in [0, 0.05) is 38.7 Å². The fourth-order valence-electron chi connectivity index (χ4n) is 2.91. The van der Waals surface area contributed by atoms with Crippen LogP contribution in [0.4, 0.5) is 11.8 Å². The smallest absolute Gasteiger partial charge is 0.242 e. The fourth-order valence-corrected chi connectivity index (χ4v) is 2.91. The summed E-state index contributed by atoms with van der Waals surface area (Å²) < 4.78 is 5.05. The molecule has 2 aliphatic heterocycles. The topological polar surface area (TPSA) is 100 Å². The van der Waals surface area contributed by atoms with Gasteiger partial charge < -0.3 is 26.0 Å². The zero-order valence-electron chi connectivity index (χ0n) is 13.4. The van der Waals surface area contributed by atoms with Gasteiger partial charge in [-0.2, -0.15) is 4.98 Å². The fraction of sp³-hybridized carbons (Fsp3) is 0.667. The highest BCUT2D eigenvalue weighted by atomic mass is 16.5. The minimum Gasteiger partial charge on any atom is -0.383 e. The molecule has 2 aliphatic rings. The van der Waals surface area contributed by atoms with Crippen LogP contribution in [-0.2, 0) is 22.4 Å². The molecule has 1 aromatic heterocycles. The van der Waals surface area contributed by atoms with Gasteiger partial charge in [0.2, 0.25) is 11.9 Å². The minimum atomic E-state index is -0.211. The quantitative estimate of drug-likeness (QED) is 0.526. The van der Waals surface area contributed by atoms with E-state index in [1.165, 1.54) is 0 Å². The van der Waals surface area contributed by atoms with Crippen LogP contribution in [0.5, 0.6) is 0 Å². The molecule has 8 heteroatoms. The van der Waals surface area contributed by atoms with Gasteiger partial charge in [0.05, 0.1) is 12.3 Å². The zero-order valence-corrected chi connectivity index (χ0v) is 13.4. The van der Waals surface area contributed by atoms with Gasteiger partial charge in [-0.1, -0.05) is 0 Å². The molecule has 0 aromatic carbocycles. The first-order valence-corrected chi connectivity index (χ1v) is 8.15. The zero-order chi connectivity index (χ0) is 16.1. The molecular formula is C15H24N6O2. The Labute approximate surface area is 135 Å². The van der Waals surface area contributed by atoms with Crippen LogP contribution in [0.15, 0.2) is 0 Å². The molecule has 0 spiro atoms. The summed E-state index contributed by atoms with van der Waals surface area (Å²) in [5.41, 5.74) is 2.16. The maximum Gasteiger partial charge on any atom is 0.242 e. The largest absolute Gasteiger partial charge is 0.383 e. The maximum atomic E-state index is 11.8. The molecule has 0 bridgehead atoms. The first kappa shape index (κ1) is 15.9. The van der Waals surface area contributed by atoms with E-state index in [9.17, 15) is 4.79 Å². The average molecular weight is 320 g/mol. The van der Waals surface area contributed by atoms with Crippen molar-refractivity contribution in [3.63, 3.8) is 0 Å². The Hall–Kier alpha value is -1.93. The van der Waals surface area contributed by atoms with Crippen LogP contribution in [0.25, 0.3) is 0 Å². The van der Waals surface area contributed by atoms with Gasteiger partial charge in [0.15, 0.2) is 0 Å². The van der Waals surface area contributed by atoms with E-state index in [-0.39, 0.29) is 11.9 Å². The highest BCUT2D eigenvalue weighted by molar-refractivity contribution is 5.86. The van der Waals surface area contributed by atoms with Crippen molar-refractivity contribution in [2.45, 2.75) is 25.3 Å². The molecule has 3 heterocycles. The average Bonchev–Trinajstić information content (AvgIpc) is 2.81. The number of anilines is 2. The summed E-state index contributed by atoms with van der Waals surface area (Å²) in [6.07, 6.45) is 2.51. The van der Waals surface area contributed by atoms with Crippen molar-refractivity contribution < 1.29 is 9.53 Å². The summed E-state index contributed by atoms with van der Waals surface area (Å²) in [5, 5.41) is 12.7. The van der Waals surface area contributed by atoms with E-state index in [1.807, 2.05) is 0 Å². The second-order valence-electron chi connectivity index (χ2n) is 5.77. The van der Waals surface area contributed by atoms with Gasteiger partial charge in [-0.05, 0) is 19.4 Å². The molecule has 1 saturated heterocycles. The molecule has 126 valence electrons. The molecule has 1 atom stereocenters. The summed E-state index contributed by atoms with van der Waals surface area (Å²) in [4.78, 5) is 21.1. The van der Waals surface area contributed by atoms with Crippen molar-refractivity contribution in [2.24, 2.45) is 0 Å². The summed E-state index contributed by atoms with van der Waals surface area (Å²) >= 11 is 0. The van der Waals surface area contributed by atoms with E-state index in [1.54, 1.807) is 7.11 Å². The van der Waals surface area contributed by atoms with Gasteiger partial charge in [-0.3, -0.25) is 4.79 Å². The van der Waals surface area contributed by atoms with Crippen molar-refractivity contribution in [3.8, 4) is 0 Å². The van der Waals surface area contributed by atoms with Crippen molar-refractivity contribution in [1.29, 1.82) is 0 Å². The lowest BCUT2D eigenvalue weighted by atomic mass is 10.1. The monoisotopic (exact) mass is 320 g/mol. The van der Waals surface area contributed by atoms with Crippen molar-refractivity contribution >= 4 is 17.7 Å². The maximum absolute atomic E-state index is 11.8. The van der Waals surface area contributed by atoms with Gasteiger partial charge in [0.1, 0.15) is 11.9 Å². The van der Waals surface area contributed by atoms with Crippen LogP contribution in [0, 0.1) is 0 Å². The van der Waals surface area contributed by atoms with E-state index in [0.717, 1.165) is 49.4 Å². The normalized spacial score (nSPS) is 20.6. The van der Waals surface area contributed by atoms with Crippen LogP contribution in [-0.4, -0.2) is 61.8 Å². The van der Waals surface area contributed by atoms with Gasteiger partial charge in [-0.15, -0.1) is 0 Å². The molecule has 4 N–H and O–H groups in total. The molecule has 0 radical (unpaired) electrons. The SMILES string of the molecule is COCCNc1nc2c(c(N[C@@H]3CCNC3=O)n1)CCNCC2. The van der Waals surface area contributed by atoms with Crippen LogP contribution >= 0.6 is 0 Å². The number of methoxy groups -OCH3 is 1. The first-order valence-electron chi connectivity index (χ1n) is 8.15. The molecule has 0 saturated carbocycles. The van der Waals surface area contributed by atoms with Crippen LogP contribution in [0.2, 0.25) is 0 Å². The Kier molecular flexibility index (Phi) is 5.24. The number of nitrogens with one attached hydrogen (secondary N) is 4. The third kappa shape index (κ3) is 3.89. The molecule has 0 aliphatic carbocycles. The van der Waals surface area contributed by atoms with E-state index < -0.39 is 0 Å². The van der Waals surface area contributed by atoms with Crippen LogP contribution < -0.4 is 21.3 Å². The Morgan fingerprint density at radius 2 is 2.13 bits per heavy atom. The third-order valence-electron chi connectivity index (χ3n) is 4.13. The standard InChI is InChI=1S/C15H24N6O2/c1-23-9-8-18-15-20-11-3-6-16-5-2-10(11)13(21-15)19-12-4-7-17-14(12)22/h12,16H,2-9H2,1H3,(H,17,22)(H2,18,19,20,21)/t12-/m1/s1. The number of carbonyl (C=O) groups excluding carboxylic acids is 1. The Morgan fingerprint density at radius 3 is 2.91 bits per heavy atom. The second kappa shape index (κ2) is 7.56. The number of nitrogens with zero attached hydrogens (tertiary/aromatic N) is 2. The number of hydrogen-bond acceptors (Lipinski definition) is 7. The molecular weight excluding hydrogens is 296 g/mol. The Morgan fingerprint density at radius 1 is 1.26 bits per heavy atom. The number of carbonyl (C=O) groups is 1. The molecule has 3 rings (SSSR count). The molecule has 0 unspecified atom stereocenters. The van der Waals surface area contributed by atoms with Crippen molar-refractivity contribution in [3.05, 3.63) is 11.3 Å². The van der Waals surface area contributed by atoms with E-state index in [2.05, 4.69) is 31.2 Å². The third-order valence-corrected chi connectivity index (χ3v) is 4.13. The minimum absolute atomic E-state index is 0.0398. The lowest BCUT2D eigenvalue weighted by molar-refractivity contribution is -0.119. The number of rotatable bonds is 6. The Bertz CT molecular complexity index is 565. The molecule has 8 nitrogen and oxygen atoms in total. The molecule has 1 fully saturated rings. The molecule has 23 heavy (non-hydrogen) atoms. The predicted molar refractivity (Wildman–Crippen MR) is 87.7 cm³/mol. The number of ether oxygens (including phenoxy) is 1. The number of amides is 1. The van der Waals surface area contributed by atoms with E-state index in [0.29, 0.717) is 25.6 Å². The van der Waals surface area contributed by atoms with Crippen molar-refractivity contribution in [2.75, 3.05) is 50.5 Å². The van der Waals surface area contributed by atoms with Crippen LogP contribution in [0.3, 0.4) is 0 Å². The van der Waals surface area contributed by atoms with E-state index >= 15 is 0 Å². The number of fused-ring (bicyclic) bond motifs is 1. The van der Waals surface area contributed by atoms with Crippen molar-refractivity contribution in [1.82, 2.24) is 20.6 Å². The number of hydrogen-bond donors (Lipinski definition) is 4. The predicted octanol–water partition coefficient (Wildman–Crippen LogP) is -0.476. The van der Waals surface area contributed by atoms with Gasteiger partial charge in [-0.25, -0.2) is 4.98 Å². The summed E-state index contributed by atoms with van der Waals surface area (Å²) in [6, 6.07) is -0.211. The lowest BCUT2D eigenvalue weighted by Gasteiger charge is -2.17. The van der Waals surface area contributed by atoms with E-state index in [4.69, 9.17) is 4.74 Å². The summed E-state index contributed by atoms with van der Waals surface area (Å²) in [5.74, 6) is 1.40. The van der Waals surface area contributed by atoms with Crippen LogP contribution in [0.1, 0.15) is 17.7 Å². The number of aromatic nitrogens is 2.